The Morgan fingerprint density at radius 3 is 2.27 bits per heavy atom. The van der Waals surface area contributed by atoms with Crippen molar-refractivity contribution in [2.45, 2.75) is 53.0 Å². The van der Waals surface area contributed by atoms with Gasteiger partial charge in [-0.15, -0.1) is 11.6 Å². The van der Waals surface area contributed by atoms with Crippen LogP contribution in [0.25, 0.3) is 0 Å². The van der Waals surface area contributed by atoms with Gasteiger partial charge in [-0.1, -0.05) is 27.7 Å². The Kier molecular flexibility index (Phi) is 6.26. The lowest BCUT2D eigenvalue weighted by molar-refractivity contribution is -0.127. The van der Waals surface area contributed by atoms with Gasteiger partial charge in [-0.05, 0) is 25.7 Å². The first kappa shape index (κ1) is 14.8. The zero-order valence-electron chi connectivity index (χ0n) is 10.6. The second kappa shape index (κ2) is 6.37. The van der Waals surface area contributed by atoms with Crippen molar-refractivity contribution in [3.05, 3.63) is 0 Å². The molecule has 0 aliphatic carbocycles. The molecule has 2 atom stereocenters. The third kappa shape index (κ3) is 4.87. The summed E-state index contributed by atoms with van der Waals surface area (Å²) in [6.45, 7) is 10.2. The summed E-state index contributed by atoms with van der Waals surface area (Å²) in [6.07, 6.45) is 1.73. The van der Waals surface area contributed by atoms with Crippen LogP contribution in [0.4, 0.5) is 0 Å². The molecule has 2 unspecified atom stereocenters. The van der Waals surface area contributed by atoms with E-state index in [-0.39, 0.29) is 17.4 Å². The van der Waals surface area contributed by atoms with Crippen LogP contribution in [0.5, 0.6) is 0 Å². The van der Waals surface area contributed by atoms with Gasteiger partial charge in [-0.3, -0.25) is 4.79 Å². The van der Waals surface area contributed by atoms with Gasteiger partial charge in [0.25, 0.3) is 0 Å². The van der Waals surface area contributed by atoms with Crippen LogP contribution in [0.1, 0.15) is 47.5 Å². The minimum Gasteiger partial charge on any atom is -0.351 e. The van der Waals surface area contributed by atoms with E-state index in [1.54, 1.807) is 0 Å². The number of carbonyl (C=O) groups is 1. The zero-order valence-corrected chi connectivity index (χ0v) is 11.3. The second-order valence-electron chi connectivity index (χ2n) is 4.88. The number of rotatable bonds is 6. The van der Waals surface area contributed by atoms with Crippen molar-refractivity contribution in [3.8, 4) is 0 Å². The van der Waals surface area contributed by atoms with Gasteiger partial charge in [-0.25, -0.2) is 0 Å². The van der Waals surface area contributed by atoms with Gasteiger partial charge in [0, 0.05) is 17.3 Å². The fourth-order valence-electron chi connectivity index (χ4n) is 1.25. The van der Waals surface area contributed by atoms with E-state index in [0.29, 0.717) is 11.8 Å². The number of carbonyl (C=O) groups excluding carboxylic acids is 1. The number of alkyl halides is 1. The van der Waals surface area contributed by atoms with Crippen LogP contribution in [0, 0.1) is 11.8 Å². The van der Waals surface area contributed by atoms with E-state index in [4.69, 9.17) is 11.6 Å². The van der Waals surface area contributed by atoms with Crippen LogP contribution in [-0.4, -0.2) is 17.3 Å². The van der Waals surface area contributed by atoms with Crippen LogP contribution < -0.4 is 5.32 Å². The lowest BCUT2D eigenvalue weighted by Crippen LogP contribution is -2.48. The summed E-state index contributed by atoms with van der Waals surface area (Å²) >= 11 is 5.74. The molecule has 0 aromatic carbocycles. The van der Waals surface area contributed by atoms with Crippen LogP contribution in [0.15, 0.2) is 0 Å². The topological polar surface area (TPSA) is 29.1 Å². The first-order valence-electron chi connectivity index (χ1n) is 5.74. The monoisotopic (exact) mass is 233 g/mol. The van der Waals surface area contributed by atoms with E-state index in [0.717, 1.165) is 12.8 Å². The van der Waals surface area contributed by atoms with Crippen molar-refractivity contribution in [1.29, 1.82) is 0 Å². The Bertz CT molecular complexity index is 206. The van der Waals surface area contributed by atoms with E-state index in [1.165, 1.54) is 0 Å². The van der Waals surface area contributed by atoms with E-state index >= 15 is 0 Å². The molecule has 3 heteroatoms. The molecule has 0 saturated heterocycles. The van der Waals surface area contributed by atoms with Gasteiger partial charge in [0.05, 0.1) is 0 Å². The Labute approximate surface area is 98.8 Å². The molecule has 0 fully saturated rings. The van der Waals surface area contributed by atoms with E-state index < -0.39 is 0 Å². The average Bonchev–Trinajstić information content (AvgIpc) is 2.16. The predicted octanol–water partition coefficient (Wildman–Crippen LogP) is 3.19. The Balaban J connectivity index is 4.36. The minimum absolute atomic E-state index is 0.0613. The van der Waals surface area contributed by atoms with Gasteiger partial charge in [-0.2, -0.15) is 0 Å². The molecule has 0 aliphatic heterocycles. The summed E-state index contributed by atoms with van der Waals surface area (Å²) in [6, 6.07) is 0. The molecule has 0 rings (SSSR count). The van der Waals surface area contributed by atoms with Gasteiger partial charge in [0.1, 0.15) is 0 Å². The van der Waals surface area contributed by atoms with Crippen LogP contribution in [0.2, 0.25) is 0 Å². The summed E-state index contributed by atoms with van der Waals surface area (Å²) in [5.41, 5.74) is -0.151. The highest BCUT2D eigenvalue weighted by Gasteiger charge is 2.26. The van der Waals surface area contributed by atoms with Gasteiger partial charge < -0.3 is 5.32 Å². The maximum Gasteiger partial charge on any atom is 0.223 e. The third-order valence-electron chi connectivity index (χ3n) is 3.27. The smallest absolute Gasteiger partial charge is 0.223 e. The lowest BCUT2D eigenvalue weighted by Gasteiger charge is -2.31. The molecular formula is C12H24ClNO. The number of halogens is 1. The van der Waals surface area contributed by atoms with Gasteiger partial charge >= 0.3 is 0 Å². The van der Waals surface area contributed by atoms with Crippen molar-refractivity contribution < 1.29 is 4.79 Å². The molecule has 0 radical (unpaired) electrons. The molecule has 0 aromatic heterocycles. The Morgan fingerprint density at radius 1 is 1.40 bits per heavy atom. The fraction of sp³-hybridized carbons (Fsp3) is 0.917. The first-order chi connectivity index (χ1) is 6.86. The molecule has 0 bridgehead atoms. The highest BCUT2D eigenvalue weighted by Crippen LogP contribution is 2.18. The molecule has 0 saturated carbocycles. The molecule has 1 amide bonds. The number of hydrogen-bond acceptors (Lipinski definition) is 1. The molecule has 1 N–H and O–H groups in total. The van der Waals surface area contributed by atoms with Crippen molar-refractivity contribution in [1.82, 2.24) is 5.32 Å². The minimum atomic E-state index is -0.151. The molecule has 0 heterocycles. The summed E-state index contributed by atoms with van der Waals surface area (Å²) in [5.74, 6) is 1.16. The first-order valence-corrected chi connectivity index (χ1v) is 6.27. The molecule has 90 valence electrons. The Hall–Kier alpha value is -0.240. The molecule has 0 aromatic rings. The van der Waals surface area contributed by atoms with Crippen LogP contribution in [0.3, 0.4) is 0 Å². The average molecular weight is 234 g/mol. The third-order valence-corrected chi connectivity index (χ3v) is 3.45. The predicted molar refractivity (Wildman–Crippen MR) is 66.2 cm³/mol. The molecule has 0 spiro atoms. The number of hydrogen-bond donors (Lipinski definition) is 1. The molecule has 15 heavy (non-hydrogen) atoms. The maximum absolute atomic E-state index is 11.9. The van der Waals surface area contributed by atoms with Crippen molar-refractivity contribution in [2.75, 3.05) is 5.88 Å². The highest BCUT2D eigenvalue weighted by atomic mass is 35.5. The molecule has 0 aliphatic rings. The van der Waals surface area contributed by atoms with E-state index in [2.05, 4.69) is 33.0 Å². The molecule has 2 nitrogen and oxygen atoms in total. The van der Waals surface area contributed by atoms with Crippen LogP contribution in [-0.2, 0) is 4.79 Å². The van der Waals surface area contributed by atoms with E-state index in [1.807, 2.05) is 6.92 Å². The zero-order chi connectivity index (χ0) is 12.1. The lowest BCUT2D eigenvalue weighted by atomic mass is 9.91. The highest BCUT2D eigenvalue weighted by molar-refractivity contribution is 6.17. The summed E-state index contributed by atoms with van der Waals surface area (Å²) in [5, 5.41) is 3.10. The normalized spacial score (nSPS) is 17.3. The van der Waals surface area contributed by atoms with Gasteiger partial charge in [0.15, 0.2) is 0 Å². The van der Waals surface area contributed by atoms with Gasteiger partial charge in [0.2, 0.25) is 5.91 Å². The number of amides is 1. The Morgan fingerprint density at radius 2 is 1.93 bits per heavy atom. The number of nitrogens with one attached hydrogen (secondary N) is 1. The maximum atomic E-state index is 11.9. The van der Waals surface area contributed by atoms with Crippen LogP contribution >= 0.6 is 11.6 Å². The largest absolute Gasteiger partial charge is 0.351 e. The van der Waals surface area contributed by atoms with Crippen molar-refractivity contribution in [3.63, 3.8) is 0 Å². The molecular weight excluding hydrogens is 210 g/mol. The summed E-state index contributed by atoms with van der Waals surface area (Å²) < 4.78 is 0. The quantitative estimate of drug-likeness (QED) is 0.702. The second-order valence-corrected chi connectivity index (χ2v) is 5.25. The fourth-order valence-corrected chi connectivity index (χ4v) is 1.67. The van der Waals surface area contributed by atoms with Crippen molar-refractivity contribution >= 4 is 17.5 Å². The standard InChI is InChI=1S/C12H24ClNO/c1-6-12(5,7-8-13)14-11(15)10(4)9(2)3/h9-10H,6-8H2,1-5H3,(H,14,15). The summed E-state index contributed by atoms with van der Waals surface area (Å²) in [7, 11) is 0. The summed E-state index contributed by atoms with van der Waals surface area (Å²) in [4.78, 5) is 11.9. The SMILES string of the molecule is CCC(C)(CCCl)NC(=O)C(C)C(C)C. The van der Waals surface area contributed by atoms with Crippen molar-refractivity contribution in [2.24, 2.45) is 11.8 Å². The van der Waals surface area contributed by atoms with E-state index in [9.17, 15) is 4.79 Å².